The second kappa shape index (κ2) is 7.65. The number of nitrogens with one attached hydrogen (secondary N) is 1. The fourth-order valence-corrected chi connectivity index (χ4v) is 3.54. The van der Waals surface area contributed by atoms with Gasteiger partial charge in [0.1, 0.15) is 0 Å². The van der Waals surface area contributed by atoms with Crippen molar-refractivity contribution in [2.75, 3.05) is 0 Å². The summed E-state index contributed by atoms with van der Waals surface area (Å²) in [6.07, 6.45) is 5.75. The van der Waals surface area contributed by atoms with Crippen LogP contribution in [0.2, 0.25) is 0 Å². The van der Waals surface area contributed by atoms with Crippen LogP contribution in [0.15, 0.2) is 30.3 Å². The minimum absolute atomic E-state index is 0.219. The number of hydrogen-bond donors (Lipinski definition) is 1. The van der Waals surface area contributed by atoms with E-state index in [0.717, 1.165) is 30.6 Å². The van der Waals surface area contributed by atoms with Crippen molar-refractivity contribution < 1.29 is 4.79 Å². The van der Waals surface area contributed by atoms with Gasteiger partial charge in [-0.15, -0.1) is 0 Å². The predicted molar refractivity (Wildman–Crippen MR) is 95.7 cm³/mol. The van der Waals surface area contributed by atoms with Crippen molar-refractivity contribution in [1.29, 1.82) is 0 Å². The van der Waals surface area contributed by atoms with Crippen LogP contribution in [0.3, 0.4) is 0 Å². The molecule has 0 bridgehead atoms. The predicted octanol–water partition coefficient (Wildman–Crippen LogP) is 3.74. The minimum Gasteiger partial charge on any atom is -0.352 e. The van der Waals surface area contributed by atoms with Gasteiger partial charge in [0.05, 0.1) is 12.2 Å². The zero-order chi connectivity index (χ0) is 16.9. The summed E-state index contributed by atoms with van der Waals surface area (Å²) < 4.78 is 2.02. The van der Waals surface area contributed by atoms with Gasteiger partial charge in [0.15, 0.2) is 0 Å². The monoisotopic (exact) mass is 325 g/mol. The van der Waals surface area contributed by atoms with Crippen molar-refractivity contribution in [1.82, 2.24) is 15.1 Å². The smallest absolute Gasteiger partial charge is 0.223 e. The molecular formula is C20H27N3O. The van der Waals surface area contributed by atoms with Gasteiger partial charge in [0.2, 0.25) is 5.91 Å². The van der Waals surface area contributed by atoms with Gasteiger partial charge < -0.3 is 5.32 Å². The molecule has 1 heterocycles. The van der Waals surface area contributed by atoms with Crippen LogP contribution >= 0.6 is 0 Å². The maximum Gasteiger partial charge on any atom is 0.223 e. The second-order valence-electron chi connectivity index (χ2n) is 6.96. The largest absolute Gasteiger partial charge is 0.352 e. The van der Waals surface area contributed by atoms with Crippen LogP contribution in [0.25, 0.3) is 0 Å². The lowest BCUT2D eigenvalue weighted by Crippen LogP contribution is -2.31. The molecule has 1 aromatic heterocycles. The number of carbonyl (C=O) groups is 1. The summed E-state index contributed by atoms with van der Waals surface area (Å²) in [6, 6.07) is 10.5. The molecule has 1 aliphatic carbocycles. The molecule has 1 aromatic carbocycles. The van der Waals surface area contributed by atoms with Crippen LogP contribution in [-0.4, -0.2) is 15.7 Å². The van der Waals surface area contributed by atoms with Crippen molar-refractivity contribution >= 4 is 5.91 Å². The van der Waals surface area contributed by atoms with Crippen molar-refractivity contribution in [2.45, 2.75) is 59.0 Å². The summed E-state index contributed by atoms with van der Waals surface area (Å²) in [6.45, 7) is 5.47. The van der Waals surface area contributed by atoms with E-state index in [1.165, 1.54) is 30.5 Å². The van der Waals surface area contributed by atoms with Gasteiger partial charge in [-0.25, -0.2) is 0 Å². The van der Waals surface area contributed by atoms with Crippen LogP contribution in [0, 0.1) is 19.8 Å². The van der Waals surface area contributed by atoms with E-state index >= 15 is 0 Å². The fourth-order valence-electron chi connectivity index (χ4n) is 3.54. The second-order valence-corrected chi connectivity index (χ2v) is 6.96. The third-order valence-corrected chi connectivity index (χ3v) is 4.87. The van der Waals surface area contributed by atoms with E-state index in [-0.39, 0.29) is 11.8 Å². The van der Waals surface area contributed by atoms with Crippen molar-refractivity contribution in [2.24, 2.45) is 5.92 Å². The number of aromatic nitrogens is 2. The van der Waals surface area contributed by atoms with E-state index in [1.807, 2.05) is 11.6 Å². The van der Waals surface area contributed by atoms with Gasteiger partial charge in [-0.05, 0) is 43.9 Å². The highest BCUT2D eigenvalue weighted by molar-refractivity contribution is 5.78. The molecule has 24 heavy (non-hydrogen) atoms. The van der Waals surface area contributed by atoms with Gasteiger partial charge in [0.25, 0.3) is 0 Å². The van der Waals surface area contributed by atoms with Gasteiger partial charge in [-0.3, -0.25) is 9.48 Å². The SMILES string of the molecule is Cc1cc(C)n(Cc2cccc(CNC(=O)C3CCCCC3)c2)n1. The summed E-state index contributed by atoms with van der Waals surface area (Å²) in [5.74, 6) is 0.440. The molecule has 1 aliphatic rings. The maximum atomic E-state index is 12.3. The number of carbonyl (C=O) groups excluding carboxylic acids is 1. The molecule has 4 nitrogen and oxygen atoms in total. The first-order chi connectivity index (χ1) is 11.6. The molecule has 0 unspecified atom stereocenters. The van der Waals surface area contributed by atoms with Crippen molar-refractivity contribution in [3.05, 3.63) is 52.8 Å². The summed E-state index contributed by atoms with van der Waals surface area (Å²) in [4.78, 5) is 12.3. The first-order valence-corrected chi connectivity index (χ1v) is 8.98. The standard InChI is InChI=1S/C20H27N3O/c1-15-11-16(2)23(22-15)14-18-8-6-7-17(12-18)13-21-20(24)19-9-4-3-5-10-19/h6-8,11-12,19H,3-5,9-10,13-14H2,1-2H3,(H,21,24). The average Bonchev–Trinajstić information content (AvgIpc) is 2.91. The van der Waals surface area contributed by atoms with Gasteiger partial charge in [-0.1, -0.05) is 43.5 Å². The lowest BCUT2D eigenvalue weighted by Gasteiger charge is -2.20. The molecule has 0 aliphatic heterocycles. The molecule has 3 rings (SSSR count). The Kier molecular flexibility index (Phi) is 5.34. The molecule has 1 fully saturated rings. The highest BCUT2D eigenvalue weighted by Gasteiger charge is 2.20. The van der Waals surface area contributed by atoms with Crippen molar-refractivity contribution in [3.63, 3.8) is 0 Å². The Hall–Kier alpha value is -2.10. The van der Waals surface area contributed by atoms with Crippen LogP contribution in [0.5, 0.6) is 0 Å². The minimum atomic E-state index is 0.219. The lowest BCUT2D eigenvalue weighted by atomic mass is 9.88. The maximum absolute atomic E-state index is 12.3. The van der Waals surface area contributed by atoms with E-state index in [4.69, 9.17) is 0 Å². The molecule has 1 saturated carbocycles. The molecule has 128 valence electrons. The third kappa shape index (κ3) is 4.25. The summed E-state index contributed by atoms with van der Waals surface area (Å²) in [5.41, 5.74) is 4.58. The first-order valence-electron chi connectivity index (χ1n) is 8.98. The molecule has 0 saturated heterocycles. The third-order valence-electron chi connectivity index (χ3n) is 4.87. The summed E-state index contributed by atoms with van der Waals surface area (Å²) in [5, 5.41) is 7.63. The van der Waals surface area contributed by atoms with Crippen LogP contribution in [0.1, 0.15) is 54.6 Å². The van der Waals surface area contributed by atoms with Crippen molar-refractivity contribution in [3.8, 4) is 0 Å². The Bertz CT molecular complexity index is 699. The van der Waals surface area contributed by atoms with E-state index in [9.17, 15) is 4.79 Å². The van der Waals surface area contributed by atoms with Crippen LogP contribution in [-0.2, 0) is 17.9 Å². The number of rotatable bonds is 5. The summed E-state index contributed by atoms with van der Waals surface area (Å²) in [7, 11) is 0. The Labute approximate surface area is 144 Å². The van der Waals surface area contributed by atoms with E-state index in [1.54, 1.807) is 0 Å². The molecule has 0 radical (unpaired) electrons. The quantitative estimate of drug-likeness (QED) is 0.910. The van der Waals surface area contributed by atoms with Gasteiger partial charge in [-0.2, -0.15) is 5.10 Å². The zero-order valence-corrected chi connectivity index (χ0v) is 14.7. The summed E-state index contributed by atoms with van der Waals surface area (Å²) >= 11 is 0. The van der Waals surface area contributed by atoms with Gasteiger partial charge >= 0.3 is 0 Å². The number of amides is 1. The Balaban J connectivity index is 1.58. The highest BCUT2D eigenvalue weighted by atomic mass is 16.1. The Morgan fingerprint density at radius 2 is 1.92 bits per heavy atom. The Morgan fingerprint density at radius 1 is 1.17 bits per heavy atom. The van der Waals surface area contributed by atoms with E-state index < -0.39 is 0 Å². The molecule has 4 heteroatoms. The molecular weight excluding hydrogens is 298 g/mol. The van der Waals surface area contributed by atoms with Crippen LogP contribution < -0.4 is 5.32 Å². The molecule has 0 spiro atoms. The number of hydrogen-bond acceptors (Lipinski definition) is 2. The molecule has 1 N–H and O–H groups in total. The number of benzene rings is 1. The highest BCUT2D eigenvalue weighted by Crippen LogP contribution is 2.23. The number of nitrogens with zero attached hydrogens (tertiary/aromatic N) is 2. The van der Waals surface area contributed by atoms with Crippen LogP contribution in [0.4, 0.5) is 0 Å². The fraction of sp³-hybridized carbons (Fsp3) is 0.500. The topological polar surface area (TPSA) is 46.9 Å². The average molecular weight is 325 g/mol. The molecule has 2 aromatic rings. The van der Waals surface area contributed by atoms with E-state index in [2.05, 4.69) is 47.7 Å². The zero-order valence-electron chi connectivity index (χ0n) is 14.7. The number of aryl methyl sites for hydroxylation is 2. The normalized spacial score (nSPS) is 15.4. The lowest BCUT2D eigenvalue weighted by molar-refractivity contribution is -0.126. The molecule has 1 amide bonds. The Morgan fingerprint density at radius 3 is 2.62 bits per heavy atom. The first kappa shape index (κ1) is 16.7. The molecule has 0 atom stereocenters. The van der Waals surface area contributed by atoms with Gasteiger partial charge in [0, 0.05) is 18.2 Å². The van der Waals surface area contributed by atoms with E-state index in [0.29, 0.717) is 6.54 Å².